The van der Waals surface area contributed by atoms with Crippen LogP contribution < -0.4 is 33.2 Å². The lowest BCUT2D eigenvalue weighted by Crippen LogP contribution is -2.57. The Balaban J connectivity index is 5.15. The third kappa shape index (κ3) is 10.9. The summed E-state index contributed by atoms with van der Waals surface area (Å²) in [4.78, 5) is 52.3. The van der Waals surface area contributed by atoms with Gasteiger partial charge in [0.2, 0.25) is 17.7 Å². The van der Waals surface area contributed by atoms with Crippen molar-refractivity contribution in [1.82, 2.24) is 16.0 Å². The summed E-state index contributed by atoms with van der Waals surface area (Å²) in [7, 11) is 0. The van der Waals surface area contributed by atoms with E-state index in [0.29, 0.717) is 12.8 Å². The van der Waals surface area contributed by atoms with E-state index in [2.05, 4.69) is 33.6 Å². The van der Waals surface area contributed by atoms with Crippen molar-refractivity contribution in [3.63, 3.8) is 0 Å². The number of aliphatic carboxylic acids is 1. The number of hydrogen-bond donors (Lipinski definition) is 8. The van der Waals surface area contributed by atoms with Crippen LogP contribution in [0.15, 0.2) is 4.99 Å². The van der Waals surface area contributed by atoms with Gasteiger partial charge in [-0.25, -0.2) is 4.79 Å². The second kappa shape index (κ2) is 14.5. The van der Waals surface area contributed by atoms with Gasteiger partial charge < -0.3 is 38.3 Å². The smallest absolute Gasteiger partial charge is 0.327 e. The van der Waals surface area contributed by atoms with E-state index in [1.165, 1.54) is 6.92 Å². The lowest BCUT2D eigenvalue weighted by molar-refractivity contribution is -0.141. The molecule has 12 nitrogen and oxygen atoms in total. The first-order valence-corrected chi connectivity index (χ1v) is 10.6. The molecule has 5 atom stereocenters. The van der Waals surface area contributed by atoms with E-state index < -0.39 is 47.9 Å². The average molecular weight is 462 g/mol. The summed E-state index contributed by atoms with van der Waals surface area (Å²) in [5.74, 6) is -3.37. The van der Waals surface area contributed by atoms with E-state index in [0.717, 1.165) is 0 Å². The number of carbonyl (C=O) groups excluding carboxylic acids is 3. The molecule has 0 rings (SSSR count). The van der Waals surface area contributed by atoms with Gasteiger partial charge in [0.1, 0.15) is 18.1 Å². The molecule has 0 bridgehead atoms. The maximum Gasteiger partial charge on any atom is 0.327 e. The molecule has 0 aromatic rings. The fourth-order valence-corrected chi connectivity index (χ4v) is 2.66. The number of carbonyl (C=O) groups is 4. The van der Waals surface area contributed by atoms with Gasteiger partial charge in [0.15, 0.2) is 5.96 Å². The highest BCUT2D eigenvalue weighted by Crippen LogP contribution is 2.06. The molecule has 0 saturated heterocycles. The van der Waals surface area contributed by atoms with Gasteiger partial charge >= 0.3 is 5.97 Å². The van der Waals surface area contributed by atoms with Crippen molar-refractivity contribution in [2.45, 2.75) is 64.2 Å². The minimum absolute atomic E-state index is 0.0708. The fraction of sp³-hybridized carbons (Fsp3) is 0.722. The van der Waals surface area contributed by atoms with Crippen LogP contribution in [0.1, 0.15) is 40.0 Å². The molecular formula is C18H35N7O5S. The molecule has 0 fully saturated rings. The first-order valence-electron chi connectivity index (χ1n) is 10.00. The lowest BCUT2D eigenvalue weighted by atomic mass is 9.99. The van der Waals surface area contributed by atoms with E-state index in [-0.39, 0.29) is 30.6 Å². The summed E-state index contributed by atoms with van der Waals surface area (Å²) in [5.41, 5.74) is 16.4. The summed E-state index contributed by atoms with van der Waals surface area (Å²) in [6.07, 6.45) is 1.18. The van der Waals surface area contributed by atoms with Crippen molar-refractivity contribution in [2.75, 3.05) is 12.3 Å². The summed E-state index contributed by atoms with van der Waals surface area (Å²) in [5, 5.41) is 16.5. The highest BCUT2D eigenvalue weighted by molar-refractivity contribution is 7.80. The molecule has 0 aliphatic carbocycles. The van der Waals surface area contributed by atoms with Gasteiger partial charge in [-0.05, 0) is 25.7 Å². The van der Waals surface area contributed by atoms with Crippen molar-refractivity contribution < 1.29 is 24.3 Å². The number of amides is 3. The van der Waals surface area contributed by atoms with E-state index in [4.69, 9.17) is 22.3 Å². The number of nitrogens with two attached hydrogens (primary N) is 3. The van der Waals surface area contributed by atoms with Crippen LogP contribution >= 0.6 is 12.6 Å². The molecular weight excluding hydrogens is 426 g/mol. The number of carboxylic acids is 1. The quantitative estimate of drug-likeness (QED) is 0.0619. The number of carboxylic acid groups (broad SMARTS) is 1. The minimum atomic E-state index is -1.26. The van der Waals surface area contributed by atoms with Gasteiger partial charge in [-0.1, -0.05) is 20.3 Å². The number of nitrogens with one attached hydrogen (secondary N) is 3. The fourth-order valence-electron chi connectivity index (χ4n) is 2.41. The highest BCUT2D eigenvalue weighted by atomic mass is 32.1. The highest BCUT2D eigenvalue weighted by Gasteiger charge is 2.28. The van der Waals surface area contributed by atoms with Gasteiger partial charge in [-0.3, -0.25) is 19.4 Å². The molecule has 3 amide bonds. The Morgan fingerprint density at radius 2 is 1.58 bits per heavy atom. The van der Waals surface area contributed by atoms with E-state index in [9.17, 15) is 19.2 Å². The van der Waals surface area contributed by atoms with Crippen molar-refractivity contribution in [2.24, 2.45) is 28.1 Å². The largest absolute Gasteiger partial charge is 0.480 e. The number of aliphatic imine (C=N–C) groups is 1. The number of nitrogens with zero attached hydrogens (tertiary/aromatic N) is 1. The van der Waals surface area contributed by atoms with Crippen molar-refractivity contribution in [3.8, 4) is 0 Å². The molecule has 0 radical (unpaired) electrons. The predicted molar refractivity (Wildman–Crippen MR) is 120 cm³/mol. The molecule has 5 unspecified atom stereocenters. The topological polar surface area (TPSA) is 215 Å². The van der Waals surface area contributed by atoms with Crippen LogP contribution in [-0.4, -0.2) is 71.2 Å². The van der Waals surface area contributed by atoms with Crippen LogP contribution in [0.4, 0.5) is 0 Å². The van der Waals surface area contributed by atoms with Crippen LogP contribution in [-0.2, 0) is 19.2 Å². The Labute approximate surface area is 187 Å². The predicted octanol–water partition coefficient (Wildman–Crippen LogP) is -2.10. The number of hydrogen-bond acceptors (Lipinski definition) is 7. The maximum absolute atomic E-state index is 12.5. The Morgan fingerprint density at radius 3 is 2.06 bits per heavy atom. The molecule has 0 aromatic heterocycles. The first kappa shape index (κ1) is 28.5. The van der Waals surface area contributed by atoms with Gasteiger partial charge in [0.05, 0.1) is 6.04 Å². The zero-order chi connectivity index (χ0) is 24.1. The number of thiol groups is 1. The summed E-state index contributed by atoms with van der Waals surface area (Å²) >= 11 is 3.90. The lowest BCUT2D eigenvalue weighted by Gasteiger charge is -2.24. The van der Waals surface area contributed by atoms with Crippen molar-refractivity contribution in [1.29, 1.82) is 0 Å². The molecule has 0 spiro atoms. The van der Waals surface area contributed by atoms with Crippen molar-refractivity contribution in [3.05, 3.63) is 0 Å². The van der Waals surface area contributed by atoms with Crippen molar-refractivity contribution >= 4 is 42.3 Å². The molecule has 10 N–H and O–H groups in total. The first-order chi connectivity index (χ1) is 14.4. The summed E-state index contributed by atoms with van der Waals surface area (Å²) in [6.45, 7) is 5.40. The Bertz CT molecular complexity index is 657. The second-order valence-corrected chi connectivity index (χ2v) is 7.60. The SMILES string of the molecule is CCC(C)C(N)C(=O)NC(C)C(=O)NC(CCCN=C(N)N)C(=O)NC(CS)C(=O)O. The molecule has 0 aromatic carbocycles. The normalized spacial score (nSPS) is 15.5. The van der Waals surface area contributed by atoms with Crippen LogP contribution in [0.25, 0.3) is 0 Å². The number of guanidine groups is 1. The zero-order valence-corrected chi connectivity index (χ0v) is 19.0. The summed E-state index contributed by atoms with van der Waals surface area (Å²) < 4.78 is 0. The Hall–Kier alpha value is -2.54. The van der Waals surface area contributed by atoms with Gasteiger partial charge in [-0.15, -0.1) is 0 Å². The van der Waals surface area contributed by atoms with Crippen LogP contribution in [0.5, 0.6) is 0 Å². The molecule has 0 aliphatic rings. The van der Waals surface area contributed by atoms with Gasteiger partial charge in [-0.2, -0.15) is 12.6 Å². The Morgan fingerprint density at radius 1 is 1.00 bits per heavy atom. The monoisotopic (exact) mass is 461 g/mol. The summed E-state index contributed by atoms with van der Waals surface area (Å²) in [6, 6.07) is -4.02. The molecule has 13 heteroatoms. The molecule has 0 heterocycles. The second-order valence-electron chi connectivity index (χ2n) is 7.23. The van der Waals surface area contributed by atoms with Crippen LogP contribution in [0.3, 0.4) is 0 Å². The van der Waals surface area contributed by atoms with Gasteiger partial charge in [0, 0.05) is 12.3 Å². The third-order valence-electron chi connectivity index (χ3n) is 4.69. The Kier molecular flexibility index (Phi) is 13.3. The van der Waals surface area contributed by atoms with E-state index in [1.807, 2.05) is 13.8 Å². The molecule has 178 valence electrons. The zero-order valence-electron chi connectivity index (χ0n) is 18.1. The standard InChI is InChI=1S/C18H35N7O5S/c1-4-9(2)13(19)16(28)23-10(3)14(26)24-11(6-5-7-22-18(20)21)15(27)25-12(8-31)17(29)30/h9-13,31H,4-8,19H2,1-3H3,(H,23,28)(H,24,26)(H,25,27)(H,29,30)(H4,20,21,22). The third-order valence-corrected chi connectivity index (χ3v) is 5.05. The number of rotatable bonds is 14. The molecule has 31 heavy (non-hydrogen) atoms. The average Bonchev–Trinajstić information content (AvgIpc) is 2.71. The van der Waals surface area contributed by atoms with Crippen LogP contribution in [0.2, 0.25) is 0 Å². The van der Waals surface area contributed by atoms with Crippen LogP contribution in [0, 0.1) is 5.92 Å². The van der Waals surface area contributed by atoms with E-state index >= 15 is 0 Å². The molecule has 0 aliphatic heterocycles. The minimum Gasteiger partial charge on any atom is -0.480 e. The van der Waals surface area contributed by atoms with E-state index in [1.54, 1.807) is 0 Å². The molecule has 0 saturated carbocycles. The maximum atomic E-state index is 12.5. The van der Waals surface area contributed by atoms with Gasteiger partial charge in [0.25, 0.3) is 0 Å².